The predicted molar refractivity (Wildman–Crippen MR) is 155 cm³/mol. The molecule has 0 spiro atoms. The third-order valence-electron chi connectivity index (χ3n) is 8.15. The van der Waals surface area contributed by atoms with Crippen molar-refractivity contribution in [1.82, 2.24) is 24.3 Å². The Labute approximate surface area is 243 Å². The van der Waals surface area contributed by atoms with Gasteiger partial charge >= 0.3 is 0 Å². The molecule has 3 heterocycles. The van der Waals surface area contributed by atoms with Crippen molar-refractivity contribution in [3.63, 3.8) is 0 Å². The number of fused-ring (bicyclic) bond motifs is 1. The highest BCUT2D eigenvalue weighted by molar-refractivity contribution is 9.10. The van der Waals surface area contributed by atoms with Gasteiger partial charge in [0.15, 0.2) is 0 Å². The normalized spacial score (nSPS) is 22.8. The minimum absolute atomic E-state index is 0.000798. The maximum Gasteiger partial charge on any atom is 0.242 e. The largest absolute Gasteiger partial charge is 0.339 e. The highest BCUT2D eigenvalue weighted by Crippen LogP contribution is 2.24. The number of piperidine rings is 1. The summed E-state index contributed by atoms with van der Waals surface area (Å²) in [6, 6.07) is 9.41. The van der Waals surface area contributed by atoms with Crippen LogP contribution in [0.15, 0.2) is 45.8 Å². The number of carbonyl (C=O) groups excluding carboxylic acids is 3. The number of halogens is 1. The number of hydrogen-bond donors (Lipinski definition) is 1. The van der Waals surface area contributed by atoms with E-state index in [-0.39, 0.29) is 35.2 Å². The molecule has 2 atom stereocenters. The number of carbonyl (C=O) groups is 3. The SMILES string of the molecule is CC(=O)N1CCN(C(=O)CN2CCC[C@H](NS(=O)(=O)c3ccc4cc(Br)ccc4c3)C2=O)C(CN2CCCC2)C1. The fourth-order valence-electron chi connectivity index (χ4n) is 5.97. The van der Waals surface area contributed by atoms with Crippen LogP contribution in [0.1, 0.15) is 32.6 Å². The molecule has 2 aromatic rings. The zero-order valence-corrected chi connectivity index (χ0v) is 25.1. The minimum atomic E-state index is -3.95. The quantitative estimate of drug-likeness (QED) is 0.500. The lowest BCUT2D eigenvalue weighted by atomic mass is 10.1. The second-order valence-electron chi connectivity index (χ2n) is 10.9. The third kappa shape index (κ3) is 6.50. The average Bonchev–Trinajstić information content (AvgIpc) is 3.43. The van der Waals surface area contributed by atoms with E-state index in [9.17, 15) is 22.8 Å². The predicted octanol–water partition coefficient (Wildman–Crippen LogP) is 2.03. The number of likely N-dealkylation sites (tertiary alicyclic amines) is 2. The molecule has 3 fully saturated rings. The number of sulfonamides is 1. The summed E-state index contributed by atoms with van der Waals surface area (Å²) in [4.78, 5) is 46.4. The Hall–Kier alpha value is -2.54. The first kappa shape index (κ1) is 29.0. The number of nitrogens with zero attached hydrogens (tertiary/aromatic N) is 4. The lowest BCUT2D eigenvalue weighted by Gasteiger charge is -2.43. The molecule has 3 aliphatic heterocycles. The molecule has 0 bridgehead atoms. The van der Waals surface area contributed by atoms with Gasteiger partial charge in [-0.3, -0.25) is 14.4 Å². The standard InChI is InChI=1S/C28H36BrN5O5S/c1-20(35)32-13-14-34(24(18-32)17-31-10-2-3-11-31)27(36)19-33-12-4-5-26(28(33)37)30-40(38,39)25-9-7-21-15-23(29)8-6-22(21)16-25/h6-9,15-16,24,26,30H,2-5,10-14,17-19H2,1H3/t24?,26-/m0/s1. The molecule has 12 heteroatoms. The molecule has 40 heavy (non-hydrogen) atoms. The van der Waals surface area contributed by atoms with Crippen LogP contribution in [-0.4, -0.2) is 110 Å². The zero-order chi connectivity index (χ0) is 28.4. The van der Waals surface area contributed by atoms with Gasteiger partial charge in [-0.1, -0.05) is 28.1 Å². The van der Waals surface area contributed by atoms with Crippen LogP contribution in [-0.2, 0) is 24.4 Å². The van der Waals surface area contributed by atoms with Gasteiger partial charge in [0, 0.05) is 44.1 Å². The highest BCUT2D eigenvalue weighted by atomic mass is 79.9. The molecule has 0 radical (unpaired) electrons. The van der Waals surface area contributed by atoms with Crippen LogP contribution >= 0.6 is 15.9 Å². The van der Waals surface area contributed by atoms with Crippen molar-refractivity contribution < 1.29 is 22.8 Å². The van der Waals surface area contributed by atoms with E-state index in [1.165, 1.54) is 11.0 Å². The average molecular weight is 635 g/mol. The van der Waals surface area contributed by atoms with E-state index in [1.807, 2.05) is 23.1 Å². The fourth-order valence-corrected chi connectivity index (χ4v) is 7.60. The summed E-state index contributed by atoms with van der Waals surface area (Å²) in [6.45, 7) is 5.90. The molecule has 3 saturated heterocycles. The Kier molecular flexibility index (Phi) is 8.79. The van der Waals surface area contributed by atoms with Crippen LogP contribution in [0, 0.1) is 0 Å². The molecular weight excluding hydrogens is 598 g/mol. The molecule has 216 valence electrons. The zero-order valence-electron chi connectivity index (χ0n) is 22.7. The summed E-state index contributed by atoms with van der Waals surface area (Å²) in [5.41, 5.74) is 0. The van der Waals surface area contributed by atoms with E-state index in [2.05, 4.69) is 25.6 Å². The van der Waals surface area contributed by atoms with E-state index in [1.54, 1.807) is 24.0 Å². The Morgan fingerprint density at radius 1 is 0.975 bits per heavy atom. The molecule has 3 amide bonds. The highest BCUT2D eigenvalue weighted by Gasteiger charge is 2.37. The summed E-state index contributed by atoms with van der Waals surface area (Å²) >= 11 is 3.42. The number of amides is 3. The summed E-state index contributed by atoms with van der Waals surface area (Å²) in [5.74, 6) is -0.546. The number of rotatable bonds is 7. The van der Waals surface area contributed by atoms with Gasteiger partial charge < -0.3 is 19.6 Å². The molecule has 0 aromatic heterocycles. The Morgan fingerprint density at radius 3 is 2.45 bits per heavy atom. The first-order chi connectivity index (χ1) is 19.1. The van der Waals surface area contributed by atoms with Crippen LogP contribution in [0.5, 0.6) is 0 Å². The second-order valence-corrected chi connectivity index (χ2v) is 13.6. The van der Waals surface area contributed by atoms with Crippen molar-refractivity contribution in [1.29, 1.82) is 0 Å². The first-order valence-corrected chi connectivity index (χ1v) is 16.2. The smallest absolute Gasteiger partial charge is 0.242 e. The van der Waals surface area contributed by atoms with Gasteiger partial charge in [-0.2, -0.15) is 4.72 Å². The van der Waals surface area contributed by atoms with Crippen molar-refractivity contribution in [2.24, 2.45) is 0 Å². The van der Waals surface area contributed by atoms with Crippen molar-refractivity contribution in [2.75, 3.05) is 52.4 Å². The van der Waals surface area contributed by atoms with Gasteiger partial charge in [0.05, 0.1) is 17.5 Å². The van der Waals surface area contributed by atoms with E-state index >= 15 is 0 Å². The van der Waals surface area contributed by atoms with Crippen molar-refractivity contribution >= 4 is 54.4 Å². The number of nitrogens with one attached hydrogen (secondary N) is 1. The summed E-state index contributed by atoms with van der Waals surface area (Å²) in [5, 5.41) is 1.68. The Balaban J connectivity index is 1.25. The number of piperazine rings is 1. The maximum absolute atomic E-state index is 13.5. The van der Waals surface area contributed by atoms with Gasteiger partial charge in [-0.25, -0.2) is 8.42 Å². The second kappa shape index (κ2) is 12.1. The fraction of sp³-hybridized carbons (Fsp3) is 0.536. The van der Waals surface area contributed by atoms with Crippen LogP contribution in [0.4, 0.5) is 0 Å². The van der Waals surface area contributed by atoms with Gasteiger partial charge in [-0.15, -0.1) is 0 Å². The molecule has 1 unspecified atom stereocenters. The Morgan fingerprint density at radius 2 is 1.70 bits per heavy atom. The maximum atomic E-state index is 13.5. The molecule has 10 nitrogen and oxygen atoms in total. The monoisotopic (exact) mass is 633 g/mol. The van der Waals surface area contributed by atoms with Gasteiger partial charge in [0.1, 0.15) is 6.04 Å². The van der Waals surface area contributed by atoms with Gasteiger partial charge in [0.25, 0.3) is 0 Å². The molecule has 5 rings (SSSR count). The third-order valence-corrected chi connectivity index (χ3v) is 10.1. The van der Waals surface area contributed by atoms with Gasteiger partial charge in [0.2, 0.25) is 27.7 Å². The molecular formula is C28H36BrN5O5S. The molecule has 0 aliphatic carbocycles. The van der Waals surface area contributed by atoms with E-state index in [0.29, 0.717) is 45.6 Å². The molecule has 1 N–H and O–H groups in total. The summed E-state index contributed by atoms with van der Waals surface area (Å²) in [7, 11) is -3.95. The van der Waals surface area contributed by atoms with E-state index < -0.39 is 16.1 Å². The van der Waals surface area contributed by atoms with Crippen LogP contribution in [0.3, 0.4) is 0 Å². The van der Waals surface area contributed by atoms with Gasteiger partial charge in [-0.05, 0) is 73.8 Å². The molecule has 3 aliphatic rings. The van der Waals surface area contributed by atoms with E-state index in [4.69, 9.17) is 0 Å². The number of hydrogen-bond acceptors (Lipinski definition) is 6. The Bertz CT molecular complexity index is 1400. The lowest BCUT2D eigenvalue weighted by molar-refractivity contribution is -0.148. The summed E-state index contributed by atoms with van der Waals surface area (Å²) < 4.78 is 29.9. The van der Waals surface area contributed by atoms with E-state index in [0.717, 1.165) is 41.2 Å². The summed E-state index contributed by atoms with van der Waals surface area (Å²) in [6.07, 6.45) is 3.23. The van der Waals surface area contributed by atoms with Crippen molar-refractivity contribution in [3.8, 4) is 0 Å². The topological polar surface area (TPSA) is 110 Å². The van der Waals surface area contributed by atoms with Crippen molar-refractivity contribution in [3.05, 3.63) is 40.9 Å². The first-order valence-electron chi connectivity index (χ1n) is 13.9. The number of benzene rings is 2. The van der Waals surface area contributed by atoms with Crippen LogP contribution in [0.2, 0.25) is 0 Å². The minimum Gasteiger partial charge on any atom is -0.339 e. The van der Waals surface area contributed by atoms with Crippen LogP contribution in [0.25, 0.3) is 10.8 Å². The lowest BCUT2D eigenvalue weighted by Crippen LogP contribution is -2.61. The van der Waals surface area contributed by atoms with Crippen molar-refractivity contribution in [2.45, 2.75) is 49.6 Å². The molecule has 0 saturated carbocycles. The van der Waals surface area contributed by atoms with Crippen LogP contribution < -0.4 is 4.72 Å². The molecule has 2 aromatic carbocycles.